The van der Waals surface area contributed by atoms with Gasteiger partial charge in [-0.05, 0) is 36.9 Å². The van der Waals surface area contributed by atoms with Crippen LogP contribution in [0.4, 0.5) is 22.1 Å². The van der Waals surface area contributed by atoms with Gasteiger partial charge >= 0.3 is 6.03 Å². The Morgan fingerprint density at radius 2 is 1.66 bits per heavy atom. The third kappa shape index (κ3) is 7.12. The van der Waals surface area contributed by atoms with Crippen LogP contribution < -0.4 is 20.9 Å². The van der Waals surface area contributed by atoms with Crippen molar-refractivity contribution in [3.63, 3.8) is 0 Å². The molecule has 1 fully saturated rings. The molecule has 11 heteroatoms. The number of urea groups is 1. The summed E-state index contributed by atoms with van der Waals surface area (Å²) >= 11 is 0. The van der Waals surface area contributed by atoms with Crippen molar-refractivity contribution in [2.24, 2.45) is 0 Å². The lowest BCUT2D eigenvalue weighted by molar-refractivity contribution is 0.102. The number of carbonyl (C=O) groups excluding carboxylic acids is 2. The van der Waals surface area contributed by atoms with Gasteiger partial charge in [-0.25, -0.2) is 4.79 Å². The second kappa shape index (κ2) is 11.8. The van der Waals surface area contributed by atoms with Crippen molar-refractivity contribution >= 4 is 29.3 Å². The number of nitrogens with one attached hydrogen (secondary N) is 4. The van der Waals surface area contributed by atoms with Crippen LogP contribution in [0.1, 0.15) is 42.5 Å². The molecule has 3 heterocycles. The van der Waals surface area contributed by atoms with Gasteiger partial charge in [-0.1, -0.05) is 50.2 Å². The summed E-state index contributed by atoms with van der Waals surface area (Å²) in [4.78, 5) is 29.7. The van der Waals surface area contributed by atoms with E-state index in [1.54, 1.807) is 12.1 Å². The van der Waals surface area contributed by atoms with Gasteiger partial charge in [0.05, 0.1) is 5.69 Å². The van der Waals surface area contributed by atoms with Crippen LogP contribution in [0.2, 0.25) is 0 Å². The Labute approximate surface area is 239 Å². The van der Waals surface area contributed by atoms with Crippen LogP contribution in [0.15, 0.2) is 65.2 Å². The summed E-state index contributed by atoms with van der Waals surface area (Å²) in [7, 11) is 2.13. The normalized spacial score (nSPS) is 14.1. The lowest BCUT2D eigenvalue weighted by atomic mass is 9.93. The van der Waals surface area contributed by atoms with Crippen molar-refractivity contribution in [3.8, 4) is 11.3 Å². The highest BCUT2D eigenvalue weighted by Crippen LogP contribution is 2.25. The predicted octanol–water partition coefficient (Wildman–Crippen LogP) is 4.69. The summed E-state index contributed by atoms with van der Waals surface area (Å²) in [5.74, 6) is 1.37. The van der Waals surface area contributed by atoms with Crippen molar-refractivity contribution in [3.05, 3.63) is 77.6 Å². The van der Waals surface area contributed by atoms with E-state index in [9.17, 15) is 9.59 Å². The summed E-state index contributed by atoms with van der Waals surface area (Å²) in [6, 6.07) is 18.5. The number of rotatable bonds is 7. The maximum absolute atomic E-state index is 12.8. The van der Waals surface area contributed by atoms with E-state index >= 15 is 0 Å². The number of benzene rings is 2. The van der Waals surface area contributed by atoms with Crippen molar-refractivity contribution in [1.82, 2.24) is 25.6 Å². The summed E-state index contributed by atoms with van der Waals surface area (Å²) in [6.45, 7) is 10.4. The highest BCUT2D eigenvalue weighted by Gasteiger charge is 2.20. The van der Waals surface area contributed by atoms with Crippen LogP contribution in [0.3, 0.4) is 0 Å². The SMILES string of the molecule is CN1CCN(c2ccc(C(=O)Nc3cc(-c4ccc(CNC(=O)Nc5cc(C(C)(C)C)on5)cc4)n[nH]3)cc2)CC1. The zero-order chi connectivity index (χ0) is 29.0. The molecule has 5 rings (SSSR count). The average molecular weight is 557 g/mol. The van der Waals surface area contributed by atoms with Crippen molar-refractivity contribution in [2.75, 3.05) is 48.8 Å². The molecular weight excluding hydrogens is 520 g/mol. The molecule has 2 aromatic heterocycles. The number of aromatic amines is 1. The van der Waals surface area contributed by atoms with Gasteiger partial charge in [-0.15, -0.1) is 0 Å². The summed E-state index contributed by atoms with van der Waals surface area (Å²) in [5, 5.41) is 19.5. The Kier molecular flexibility index (Phi) is 8.06. The van der Waals surface area contributed by atoms with Crippen LogP contribution >= 0.6 is 0 Å². The first-order chi connectivity index (χ1) is 19.6. The molecule has 0 aliphatic carbocycles. The molecule has 1 aliphatic rings. The minimum Gasteiger partial charge on any atom is -0.369 e. The van der Waals surface area contributed by atoms with E-state index in [1.165, 1.54) is 0 Å². The molecule has 2 aromatic carbocycles. The summed E-state index contributed by atoms with van der Waals surface area (Å²) in [6.07, 6.45) is 0. The van der Waals surface area contributed by atoms with E-state index in [4.69, 9.17) is 4.52 Å². The van der Waals surface area contributed by atoms with Crippen LogP contribution in [0.25, 0.3) is 11.3 Å². The predicted molar refractivity (Wildman–Crippen MR) is 159 cm³/mol. The van der Waals surface area contributed by atoms with Gasteiger partial charge in [0.25, 0.3) is 5.91 Å². The van der Waals surface area contributed by atoms with Gasteiger partial charge in [-0.2, -0.15) is 5.10 Å². The van der Waals surface area contributed by atoms with Crippen LogP contribution in [0, 0.1) is 0 Å². The lowest BCUT2D eigenvalue weighted by Crippen LogP contribution is -2.44. The number of piperazine rings is 1. The van der Waals surface area contributed by atoms with Crippen LogP contribution in [0.5, 0.6) is 0 Å². The number of hydrogen-bond donors (Lipinski definition) is 4. The second-order valence-electron chi connectivity index (χ2n) is 11.3. The molecule has 4 N–H and O–H groups in total. The quantitative estimate of drug-likeness (QED) is 0.260. The molecule has 1 saturated heterocycles. The molecule has 0 unspecified atom stereocenters. The van der Waals surface area contributed by atoms with E-state index in [0.29, 0.717) is 35.2 Å². The molecule has 3 amide bonds. The minimum absolute atomic E-state index is 0.192. The van der Waals surface area contributed by atoms with Gasteiger partial charge in [0.1, 0.15) is 11.6 Å². The molecule has 11 nitrogen and oxygen atoms in total. The third-order valence-corrected chi connectivity index (χ3v) is 7.02. The molecule has 4 aromatic rings. The van der Waals surface area contributed by atoms with Crippen LogP contribution in [-0.2, 0) is 12.0 Å². The first-order valence-corrected chi connectivity index (χ1v) is 13.7. The molecule has 1 aliphatic heterocycles. The largest absolute Gasteiger partial charge is 0.369 e. The summed E-state index contributed by atoms with van der Waals surface area (Å²) in [5.41, 5.74) is 4.01. The number of nitrogens with zero attached hydrogens (tertiary/aromatic N) is 4. The van der Waals surface area contributed by atoms with Crippen molar-refractivity contribution < 1.29 is 14.1 Å². The van der Waals surface area contributed by atoms with E-state index in [-0.39, 0.29) is 17.4 Å². The smallest absolute Gasteiger partial charge is 0.320 e. The van der Waals surface area contributed by atoms with Crippen LogP contribution in [-0.4, -0.2) is 65.4 Å². The van der Waals surface area contributed by atoms with E-state index in [1.807, 2.05) is 69.3 Å². The molecule has 214 valence electrons. The van der Waals surface area contributed by atoms with Gasteiger partial charge in [-0.3, -0.25) is 15.2 Å². The monoisotopic (exact) mass is 556 g/mol. The Balaban J connectivity index is 1.11. The Morgan fingerprint density at radius 3 is 2.32 bits per heavy atom. The fourth-order valence-corrected chi connectivity index (χ4v) is 4.44. The number of amides is 3. The number of carbonyl (C=O) groups is 2. The molecule has 0 saturated carbocycles. The fraction of sp³-hybridized carbons (Fsp3) is 0.333. The second-order valence-corrected chi connectivity index (χ2v) is 11.3. The maximum atomic E-state index is 12.8. The van der Waals surface area contributed by atoms with E-state index in [0.717, 1.165) is 43.0 Å². The molecule has 0 atom stereocenters. The Hall–Kier alpha value is -4.64. The maximum Gasteiger partial charge on any atom is 0.320 e. The molecule has 41 heavy (non-hydrogen) atoms. The van der Waals surface area contributed by atoms with Crippen molar-refractivity contribution in [1.29, 1.82) is 0 Å². The highest BCUT2D eigenvalue weighted by molar-refractivity contribution is 6.04. The Morgan fingerprint density at radius 1 is 0.951 bits per heavy atom. The first-order valence-electron chi connectivity index (χ1n) is 13.7. The van der Waals surface area contributed by atoms with E-state index in [2.05, 4.69) is 48.2 Å². The standard InChI is InChI=1S/C30H36N8O3/c1-30(2,3)25-18-27(36-41-25)33-29(40)31-19-20-5-7-21(8-6-20)24-17-26(35-34-24)32-28(39)22-9-11-23(12-10-22)38-15-13-37(4)14-16-38/h5-12,17-18H,13-16,19H2,1-4H3,(H2,31,33,36,40)(H2,32,34,35,39). The number of likely N-dealkylation sites (N-methyl/N-ethyl adjacent to an activating group) is 1. The molecule has 0 bridgehead atoms. The van der Waals surface area contributed by atoms with Gasteiger partial charge < -0.3 is 25.0 Å². The van der Waals surface area contributed by atoms with E-state index < -0.39 is 0 Å². The first kappa shape index (κ1) is 27.9. The van der Waals surface area contributed by atoms with Gasteiger partial charge in [0.2, 0.25) is 0 Å². The molecular formula is C30H36N8O3. The zero-order valence-corrected chi connectivity index (χ0v) is 23.8. The Bertz CT molecular complexity index is 1480. The van der Waals surface area contributed by atoms with Gasteiger partial charge in [0, 0.05) is 67.1 Å². The number of anilines is 3. The number of H-pyrrole nitrogens is 1. The number of aromatic nitrogens is 3. The molecule has 0 radical (unpaired) electrons. The minimum atomic E-state index is -0.371. The lowest BCUT2D eigenvalue weighted by Gasteiger charge is -2.34. The number of hydrogen-bond acceptors (Lipinski definition) is 7. The van der Waals surface area contributed by atoms with Crippen molar-refractivity contribution in [2.45, 2.75) is 32.7 Å². The fourth-order valence-electron chi connectivity index (χ4n) is 4.44. The van der Waals surface area contributed by atoms with Gasteiger partial charge in [0.15, 0.2) is 5.82 Å². The average Bonchev–Trinajstić information content (AvgIpc) is 3.63. The topological polar surface area (TPSA) is 131 Å². The molecule has 0 spiro atoms. The third-order valence-electron chi connectivity index (χ3n) is 7.02. The highest BCUT2D eigenvalue weighted by atomic mass is 16.5. The zero-order valence-electron chi connectivity index (χ0n) is 23.8. The summed E-state index contributed by atoms with van der Waals surface area (Å²) < 4.78 is 5.29.